The summed E-state index contributed by atoms with van der Waals surface area (Å²) >= 11 is 0. The van der Waals surface area contributed by atoms with E-state index < -0.39 is 44.1 Å². The maximum Gasteiger partial charge on any atom is 0.422 e. The van der Waals surface area contributed by atoms with E-state index in [1.54, 1.807) is 0 Å². The van der Waals surface area contributed by atoms with Crippen molar-refractivity contribution in [2.75, 3.05) is 6.61 Å². The molecule has 0 spiro atoms. The highest BCUT2D eigenvalue weighted by Gasteiger charge is 2.30. The maximum absolute atomic E-state index is 13.2. The second-order valence-corrected chi connectivity index (χ2v) is 5.57. The van der Waals surface area contributed by atoms with Gasteiger partial charge in [0.25, 0.3) is 9.05 Å². The summed E-state index contributed by atoms with van der Waals surface area (Å²) < 4.78 is 87.2. The molecule has 0 aromatic heterocycles. The van der Waals surface area contributed by atoms with Crippen molar-refractivity contribution in [2.24, 2.45) is 0 Å². The van der Waals surface area contributed by atoms with E-state index in [-0.39, 0.29) is 0 Å². The summed E-state index contributed by atoms with van der Waals surface area (Å²) in [6.45, 7) is -1.84. The number of hydrogen-bond acceptors (Lipinski definition) is 3. The highest BCUT2D eigenvalue weighted by molar-refractivity contribution is 8.13. The van der Waals surface area contributed by atoms with Crippen molar-refractivity contribution in [1.29, 1.82) is 0 Å². The molecule has 1 aromatic rings. The number of alkyl halides is 3. The molecule has 18 heavy (non-hydrogen) atoms. The molecule has 0 saturated carbocycles. The molecule has 1 rings (SSSR count). The van der Waals surface area contributed by atoms with Crippen LogP contribution in [-0.2, 0) is 9.05 Å². The summed E-state index contributed by atoms with van der Waals surface area (Å²) in [5.41, 5.74) is 0. The first-order chi connectivity index (χ1) is 8.02. The predicted molar refractivity (Wildman–Crippen MR) is 50.9 cm³/mol. The second kappa shape index (κ2) is 4.88. The van der Waals surface area contributed by atoms with Crippen molar-refractivity contribution in [3.8, 4) is 5.75 Å². The van der Waals surface area contributed by atoms with Crippen LogP contribution in [0.5, 0.6) is 5.75 Å². The molecule has 0 heterocycles. The van der Waals surface area contributed by atoms with Crippen LogP contribution in [0.4, 0.5) is 22.0 Å². The van der Waals surface area contributed by atoms with Crippen LogP contribution in [0.1, 0.15) is 0 Å². The molecule has 0 aliphatic carbocycles. The summed E-state index contributed by atoms with van der Waals surface area (Å²) in [7, 11) is 0.246. The minimum absolute atomic E-state index is 0.506. The van der Waals surface area contributed by atoms with Gasteiger partial charge in [-0.3, -0.25) is 0 Å². The van der Waals surface area contributed by atoms with Crippen LogP contribution in [0.25, 0.3) is 0 Å². The third kappa shape index (κ3) is 3.70. The minimum Gasteiger partial charge on any atom is -0.481 e. The van der Waals surface area contributed by atoms with Gasteiger partial charge in [-0.05, 0) is 12.1 Å². The van der Waals surface area contributed by atoms with Gasteiger partial charge in [0.15, 0.2) is 18.2 Å². The smallest absolute Gasteiger partial charge is 0.422 e. The molecule has 0 atom stereocenters. The first-order valence-electron chi connectivity index (χ1n) is 4.14. The van der Waals surface area contributed by atoms with Gasteiger partial charge in [-0.1, -0.05) is 0 Å². The van der Waals surface area contributed by atoms with Gasteiger partial charge in [0.05, 0.1) is 0 Å². The number of rotatable bonds is 3. The van der Waals surface area contributed by atoms with Gasteiger partial charge in [0, 0.05) is 10.7 Å². The van der Waals surface area contributed by atoms with E-state index in [4.69, 9.17) is 10.7 Å². The largest absolute Gasteiger partial charge is 0.481 e. The fourth-order valence-electron chi connectivity index (χ4n) is 0.973. The molecule has 102 valence electrons. The average Bonchev–Trinajstić information content (AvgIpc) is 2.17. The predicted octanol–water partition coefficient (Wildman–Crippen LogP) is 2.83. The van der Waals surface area contributed by atoms with Gasteiger partial charge in [0.1, 0.15) is 4.90 Å². The monoisotopic (exact) mass is 310 g/mol. The van der Waals surface area contributed by atoms with Gasteiger partial charge in [0.2, 0.25) is 5.82 Å². The fourth-order valence-corrected chi connectivity index (χ4v) is 1.87. The van der Waals surface area contributed by atoms with Crippen molar-refractivity contribution >= 4 is 19.7 Å². The highest BCUT2D eigenvalue weighted by atomic mass is 35.7. The van der Waals surface area contributed by atoms with Crippen molar-refractivity contribution in [1.82, 2.24) is 0 Å². The summed E-state index contributed by atoms with van der Waals surface area (Å²) in [5.74, 6) is -4.82. The molecule has 0 amide bonds. The van der Waals surface area contributed by atoms with E-state index in [2.05, 4.69) is 4.74 Å². The SMILES string of the molecule is O=S(=O)(Cl)c1ccc(OCC(F)(F)F)c(F)c1F. The number of halogens is 6. The quantitative estimate of drug-likeness (QED) is 0.637. The van der Waals surface area contributed by atoms with E-state index in [0.29, 0.717) is 12.1 Å². The van der Waals surface area contributed by atoms with Crippen molar-refractivity contribution < 1.29 is 35.1 Å². The Balaban J connectivity index is 3.10. The molecule has 0 aliphatic heterocycles. The normalized spacial score (nSPS) is 12.6. The molecule has 1 aromatic carbocycles. The first kappa shape index (κ1) is 15.0. The lowest BCUT2D eigenvalue weighted by atomic mass is 10.3. The second-order valence-electron chi connectivity index (χ2n) is 3.03. The first-order valence-corrected chi connectivity index (χ1v) is 6.45. The van der Waals surface area contributed by atoms with Crippen LogP contribution >= 0.6 is 10.7 Å². The van der Waals surface area contributed by atoms with Crippen LogP contribution in [0, 0.1) is 11.6 Å². The summed E-state index contributed by atoms with van der Waals surface area (Å²) in [4.78, 5) is -1.18. The van der Waals surface area contributed by atoms with Gasteiger partial charge >= 0.3 is 6.18 Å². The molecular formula is C8H4ClF5O3S. The van der Waals surface area contributed by atoms with Crippen molar-refractivity contribution in [3.05, 3.63) is 23.8 Å². The zero-order chi connectivity index (χ0) is 14.1. The third-order valence-electron chi connectivity index (χ3n) is 1.67. The zero-order valence-corrected chi connectivity index (χ0v) is 9.84. The van der Waals surface area contributed by atoms with Crippen LogP contribution in [0.2, 0.25) is 0 Å². The third-order valence-corrected chi connectivity index (χ3v) is 3.00. The fraction of sp³-hybridized carbons (Fsp3) is 0.250. The van der Waals surface area contributed by atoms with Crippen molar-refractivity contribution in [2.45, 2.75) is 11.1 Å². The minimum atomic E-state index is -4.74. The number of hydrogen-bond donors (Lipinski definition) is 0. The summed E-state index contributed by atoms with van der Waals surface area (Å²) in [5, 5.41) is 0. The lowest BCUT2D eigenvalue weighted by Gasteiger charge is -2.10. The van der Waals surface area contributed by atoms with Crippen molar-refractivity contribution in [3.63, 3.8) is 0 Å². The molecule has 0 saturated heterocycles. The molecule has 0 N–H and O–H groups in total. The Kier molecular flexibility index (Phi) is 4.06. The van der Waals surface area contributed by atoms with E-state index in [1.807, 2.05) is 0 Å². The maximum atomic E-state index is 13.2. The van der Waals surface area contributed by atoms with E-state index in [9.17, 15) is 30.4 Å². The summed E-state index contributed by atoms with van der Waals surface area (Å²) in [6.07, 6.45) is -4.74. The molecule has 3 nitrogen and oxygen atoms in total. The molecular weight excluding hydrogens is 307 g/mol. The zero-order valence-electron chi connectivity index (χ0n) is 8.26. The van der Waals surface area contributed by atoms with E-state index >= 15 is 0 Å². The van der Waals surface area contributed by atoms with Gasteiger partial charge in [-0.15, -0.1) is 0 Å². The lowest BCUT2D eigenvalue weighted by Crippen LogP contribution is -2.20. The van der Waals surface area contributed by atoms with Crippen LogP contribution in [0.15, 0.2) is 17.0 Å². The lowest BCUT2D eigenvalue weighted by molar-refractivity contribution is -0.153. The average molecular weight is 311 g/mol. The molecule has 0 radical (unpaired) electrons. The van der Waals surface area contributed by atoms with Crippen LogP contribution in [0.3, 0.4) is 0 Å². The van der Waals surface area contributed by atoms with E-state index in [1.165, 1.54) is 0 Å². The van der Waals surface area contributed by atoms with Gasteiger partial charge in [-0.25, -0.2) is 12.8 Å². The molecule has 0 aliphatic rings. The Bertz CT molecular complexity index is 555. The Morgan fingerprint density at radius 3 is 2.17 bits per heavy atom. The van der Waals surface area contributed by atoms with Crippen LogP contribution in [-0.4, -0.2) is 21.2 Å². The highest BCUT2D eigenvalue weighted by Crippen LogP contribution is 2.28. The molecule has 10 heteroatoms. The summed E-state index contributed by atoms with van der Waals surface area (Å²) in [6, 6.07) is 1.05. The topological polar surface area (TPSA) is 43.4 Å². The Hall–Kier alpha value is -1.09. The Morgan fingerprint density at radius 1 is 1.17 bits per heavy atom. The Labute approximate surface area is 103 Å². The number of benzene rings is 1. The van der Waals surface area contributed by atoms with Gasteiger partial charge in [-0.2, -0.15) is 17.6 Å². The molecule has 0 bridgehead atoms. The molecule has 0 unspecified atom stereocenters. The van der Waals surface area contributed by atoms with E-state index in [0.717, 1.165) is 0 Å². The van der Waals surface area contributed by atoms with Crippen LogP contribution < -0.4 is 4.74 Å². The number of ether oxygens (including phenoxy) is 1. The van der Waals surface area contributed by atoms with Gasteiger partial charge < -0.3 is 4.74 Å². The Morgan fingerprint density at radius 2 is 1.72 bits per heavy atom. The molecule has 0 fully saturated rings. The standard InChI is InChI=1S/C8H4ClF5O3S/c9-18(15,16)5-2-1-4(6(10)7(5)11)17-3-8(12,13)14/h1-2H,3H2.